The van der Waals surface area contributed by atoms with Crippen LogP contribution in [0.1, 0.15) is 27.5 Å². The minimum absolute atomic E-state index is 0.219. The smallest absolute Gasteiger partial charge is 0.307 e. The van der Waals surface area contributed by atoms with Gasteiger partial charge in [-0.2, -0.15) is 5.10 Å². The Morgan fingerprint density at radius 3 is 2.69 bits per heavy atom. The lowest BCUT2D eigenvalue weighted by Crippen LogP contribution is -2.16. The number of aryl methyl sites for hydroxylation is 1. The van der Waals surface area contributed by atoms with Gasteiger partial charge in [-0.15, -0.1) is 0 Å². The predicted molar refractivity (Wildman–Crippen MR) is 132 cm³/mol. The number of hydrogen-bond donors (Lipinski definition) is 1. The second kappa shape index (κ2) is 8.13. The molecule has 32 heavy (non-hydrogen) atoms. The number of rotatable bonds is 4. The first kappa shape index (κ1) is 20.3. The number of benzene rings is 3. The van der Waals surface area contributed by atoms with Crippen LogP contribution < -0.4 is 5.43 Å². The van der Waals surface area contributed by atoms with Gasteiger partial charge in [0.25, 0.3) is 0 Å². The minimum atomic E-state index is -0.392. The summed E-state index contributed by atoms with van der Waals surface area (Å²) in [5.41, 5.74) is 7.41. The molecule has 5 nitrogen and oxygen atoms in total. The van der Waals surface area contributed by atoms with Gasteiger partial charge in [0, 0.05) is 32.2 Å². The third-order valence-electron chi connectivity index (χ3n) is 5.55. The molecule has 0 radical (unpaired) electrons. The van der Waals surface area contributed by atoms with E-state index in [4.69, 9.17) is 4.42 Å². The van der Waals surface area contributed by atoms with Gasteiger partial charge < -0.3 is 8.98 Å². The van der Waals surface area contributed by atoms with E-state index in [0.29, 0.717) is 5.58 Å². The number of hydrogen-bond acceptors (Lipinski definition) is 3. The van der Waals surface area contributed by atoms with E-state index in [-0.39, 0.29) is 5.76 Å². The predicted octanol–water partition coefficient (Wildman–Crippen LogP) is 6.52. The molecule has 1 N–H and O–H groups in total. The summed E-state index contributed by atoms with van der Waals surface area (Å²) < 4.78 is 8.76. The molecule has 5 rings (SSSR count). The highest BCUT2D eigenvalue weighted by Crippen LogP contribution is 2.27. The van der Waals surface area contributed by atoms with Crippen molar-refractivity contribution in [1.29, 1.82) is 0 Å². The number of carbonyl (C=O) groups excluding carboxylic acids is 1. The van der Waals surface area contributed by atoms with Gasteiger partial charge in [0.15, 0.2) is 5.76 Å². The van der Waals surface area contributed by atoms with Gasteiger partial charge in [-0.3, -0.25) is 4.79 Å². The number of nitrogens with one attached hydrogen (secondary N) is 1. The molecule has 0 saturated heterocycles. The van der Waals surface area contributed by atoms with Crippen LogP contribution >= 0.6 is 15.9 Å². The average Bonchev–Trinajstić information content (AvgIpc) is 3.33. The molecule has 0 aliphatic carbocycles. The van der Waals surface area contributed by atoms with Crippen LogP contribution in [-0.4, -0.2) is 16.7 Å². The fourth-order valence-corrected chi connectivity index (χ4v) is 4.41. The summed E-state index contributed by atoms with van der Waals surface area (Å²) in [6.07, 6.45) is 1.67. The van der Waals surface area contributed by atoms with Gasteiger partial charge in [-0.25, -0.2) is 5.43 Å². The second-order valence-corrected chi connectivity index (χ2v) is 8.57. The van der Waals surface area contributed by atoms with Crippen molar-refractivity contribution >= 4 is 49.8 Å². The van der Waals surface area contributed by atoms with Crippen LogP contribution in [0.5, 0.6) is 0 Å². The summed E-state index contributed by atoms with van der Waals surface area (Å²) in [6.45, 7) is 4.12. The third-order valence-corrected chi connectivity index (χ3v) is 6.04. The fourth-order valence-electron chi connectivity index (χ4n) is 4.03. The Balaban J connectivity index is 1.40. The Kier molecular flexibility index (Phi) is 5.15. The molecule has 158 valence electrons. The molecule has 0 aliphatic rings. The molecule has 0 aliphatic heterocycles. The van der Waals surface area contributed by atoms with E-state index < -0.39 is 5.91 Å². The molecule has 2 heterocycles. The zero-order valence-electron chi connectivity index (χ0n) is 17.6. The Morgan fingerprint density at radius 1 is 1.00 bits per heavy atom. The van der Waals surface area contributed by atoms with E-state index >= 15 is 0 Å². The van der Waals surface area contributed by atoms with E-state index in [9.17, 15) is 4.79 Å². The standard InChI is InChI=1S/C26H20BrN3O2/c1-16-12-20(17(2)30(16)23-9-5-7-18-6-3-4-8-22(18)23)15-28-29-26(31)25-14-19-13-21(27)10-11-24(19)32-25/h3-15H,1-2H3,(H,29,31)/b28-15+. The molecule has 6 heteroatoms. The van der Waals surface area contributed by atoms with Crippen molar-refractivity contribution in [2.75, 3.05) is 0 Å². The molecular formula is C26H20BrN3O2. The van der Waals surface area contributed by atoms with Gasteiger partial charge in [0.2, 0.25) is 0 Å². The largest absolute Gasteiger partial charge is 0.451 e. The van der Waals surface area contributed by atoms with Crippen molar-refractivity contribution in [2.24, 2.45) is 5.10 Å². The molecule has 3 aromatic carbocycles. The fraction of sp³-hybridized carbons (Fsp3) is 0.0769. The molecule has 0 spiro atoms. The summed E-state index contributed by atoms with van der Waals surface area (Å²) in [4.78, 5) is 12.5. The van der Waals surface area contributed by atoms with Crippen LogP contribution in [0, 0.1) is 13.8 Å². The first-order valence-corrected chi connectivity index (χ1v) is 11.0. The van der Waals surface area contributed by atoms with E-state index in [1.165, 1.54) is 10.8 Å². The van der Waals surface area contributed by atoms with Gasteiger partial charge in [0.05, 0.1) is 11.9 Å². The number of furan rings is 1. The van der Waals surface area contributed by atoms with E-state index in [0.717, 1.165) is 32.5 Å². The molecular weight excluding hydrogens is 466 g/mol. The highest BCUT2D eigenvalue weighted by atomic mass is 79.9. The maximum Gasteiger partial charge on any atom is 0.307 e. The van der Waals surface area contributed by atoms with Crippen molar-refractivity contribution in [2.45, 2.75) is 13.8 Å². The first-order valence-electron chi connectivity index (χ1n) is 10.2. The highest BCUT2D eigenvalue weighted by molar-refractivity contribution is 9.10. The van der Waals surface area contributed by atoms with Crippen LogP contribution in [0.15, 0.2) is 86.8 Å². The lowest BCUT2D eigenvalue weighted by atomic mass is 10.1. The maximum atomic E-state index is 12.5. The van der Waals surface area contributed by atoms with Gasteiger partial charge in [-0.05, 0) is 55.6 Å². The lowest BCUT2D eigenvalue weighted by molar-refractivity contribution is 0.0929. The number of fused-ring (bicyclic) bond motifs is 2. The van der Waals surface area contributed by atoms with Crippen molar-refractivity contribution in [3.05, 3.63) is 100.0 Å². The topological polar surface area (TPSA) is 59.5 Å². The molecule has 1 amide bonds. The number of hydrazone groups is 1. The first-order chi connectivity index (χ1) is 15.5. The summed E-state index contributed by atoms with van der Waals surface area (Å²) in [5.74, 6) is -0.173. The molecule has 5 aromatic rings. The van der Waals surface area contributed by atoms with Gasteiger partial charge in [-0.1, -0.05) is 52.3 Å². The molecule has 0 atom stereocenters. The second-order valence-electron chi connectivity index (χ2n) is 7.65. The van der Waals surface area contributed by atoms with Crippen molar-refractivity contribution in [3.63, 3.8) is 0 Å². The Hall–Kier alpha value is -3.64. The zero-order chi connectivity index (χ0) is 22.2. The summed E-state index contributed by atoms with van der Waals surface area (Å²) in [7, 11) is 0. The molecule has 0 fully saturated rings. The van der Waals surface area contributed by atoms with Crippen LogP contribution in [0.2, 0.25) is 0 Å². The molecule has 0 unspecified atom stereocenters. The molecule has 2 aromatic heterocycles. The number of amides is 1. The highest BCUT2D eigenvalue weighted by Gasteiger charge is 2.13. The Morgan fingerprint density at radius 2 is 1.81 bits per heavy atom. The van der Waals surface area contributed by atoms with Crippen LogP contribution in [0.3, 0.4) is 0 Å². The van der Waals surface area contributed by atoms with E-state index in [1.807, 2.05) is 24.3 Å². The maximum absolute atomic E-state index is 12.5. The number of aromatic nitrogens is 1. The van der Waals surface area contributed by atoms with Crippen LogP contribution in [0.4, 0.5) is 0 Å². The lowest BCUT2D eigenvalue weighted by Gasteiger charge is -2.12. The number of carbonyl (C=O) groups is 1. The zero-order valence-corrected chi connectivity index (χ0v) is 19.2. The normalized spacial score (nSPS) is 11.6. The van der Waals surface area contributed by atoms with E-state index in [2.05, 4.69) is 87.3 Å². The van der Waals surface area contributed by atoms with Gasteiger partial charge >= 0.3 is 5.91 Å². The number of nitrogens with zero attached hydrogens (tertiary/aromatic N) is 2. The van der Waals surface area contributed by atoms with Crippen molar-refractivity contribution in [1.82, 2.24) is 9.99 Å². The Labute approximate surface area is 193 Å². The third kappa shape index (κ3) is 3.63. The summed E-state index contributed by atoms with van der Waals surface area (Å²) in [5, 5.41) is 7.40. The number of halogens is 1. The summed E-state index contributed by atoms with van der Waals surface area (Å²) in [6, 6.07) is 24.0. The van der Waals surface area contributed by atoms with Crippen LogP contribution in [0.25, 0.3) is 27.4 Å². The SMILES string of the molecule is Cc1cc(/C=N/NC(=O)c2cc3cc(Br)ccc3o2)c(C)n1-c1cccc2ccccc12. The van der Waals surface area contributed by atoms with E-state index in [1.54, 1.807) is 12.3 Å². The molecule has 0 bridgehead atoms. The quantitative estimate of drug-likeness (QED) is 0.232. The molecule has 0 saturated carbocycles. The average molecular weight is 486 g/mol. The summed E-state index contributed by atoms with van der Waals surface area (Å²) >= 11 is 3.42. The Bertz CT molecular complexity index is 1510. The van der Waals surface area contributed by atoms with Crippen molar-refractivity contribution < 1.29 is 9.21 Å². The van der Waals surface area contributed by atoms with Gasteiger partial charge in [0.1, 0.15) is 5.58 Å². The monoisotopic (exact) mass is 485 g/mol. The van der Waals surface area contributed by atoms with Crippen LogP contribution in [-0.2, 0) is 0 Å². The minimum Gasteiger partial charge on any atom is -0.451 e. The van der Waals surface area contributed by atoms with Crippen molar-refractivity contribution in [3.8, 4) is 5.69 Å².